The normalized spacial score (nSPS) is 16.0. The van der Waals surface area contributed by atoms with Gasteiger partial charge in [0.25, 0.3) is 0 Å². The van der Waals surface area contributed by atoms with Crippen LogP contribution in [0.15, 0.2) is 53.7 Å². The Labute approximate surface area is 158 Å². The van der Waals surface area contributed by atoms with Crippen molar-refractivity contribution in [2.45, 2.75) is 33.8 Å². The van der Waals surface area contributed by atoms with Crippen molar-refractivity contribution in [3.63, 3.8) is 0 Å². The highest BCUT2D eigenvalue weighted by Gasteiger charge is 2.22. The summed E-state index contributed by atoms with van der Waals surface area (Å²) in [5.74, 6) is 0.904. The molecule has 1 aliphatic rings. The number of aliphatic hydroxyl groups excluding tert-OH is 1. The van der Waals surface area contributed by atoms with Crippen LogP contribution in [-0.4, -0.2) is 26.7 Å². The average Bonchev–Trinajstić information content (AvgIpc) is 3.00. The van der Waals surface area contributed by atoms with Crippen LogP contribution < -0.4 is 0 Å². The van der Waals surface area contributed by atoms with Crippen molar-refractivity contribution in [2.24, 2.45) is 0 Å². The molecule has 0 fully saturated rings. The van der Waals surface area contributed by atoms with Gasteiger partial charge < -0.3 is 14.8 Å². The fourth-order valence-corrected chi connectivity index (χ4v) is 3.70. The molecule has 1 unspecified atom stereocenters. The molecule has 5 heteroatoms. The maximum absolute atomic E-state index is 11.0. The molecule has 4 rings (SSSR count). The Morgan fingerprint density at radius 2 is 2.00 bits per heavy atom. The number of fused-ring (bicyclic) bond motifs is 1. The predicted octanol–water partition coefficient (Wildman–Crippen LogP) is 4.45. The lowest BCUT2D eigenvalue weighted by Crippen LogP contribution is -2.08. The van der Waals surface area contributed by atoms with E-state index in [1.807, 2.05) is 32.2 Å². The Balaban J connectivity index is 1.88. The number of allylic oxidation sites excluding steroid dienone is 3. The standard InChI is InChI=1S/C22H23N3O2/c1-12-11-27-15(4)19(13(12)2)17-8-18-20(14(3)25-22(18)24-10-17)21(26)16-6-5-7-23-9-16/h5-10,21,26H,11H2,1-4H3,(H,24,25). The number of aromatic nitrogens is 3. The lowest BCUT2D eigenvalue weighted by Gasteiger charge is -2.22. The second-order valence-corrected chi connectivity index (χ2v) is 7.10. The highest BCUT2D eigenvalue weighted by Crippen LogP contribution is 2.36. The summed E-state index contributed by atoms with van der Waals surface area (Å²) in [6.07, 6.45) is 4.50. The molecule has 0 bridgehead atoms. The van der Waals surface area contributed by atoms with Crippen molar-refractivity contribution in [3.8, 4) is 0 Å². The minimum atomic E-state index is -0.763. The Morgan fingerprint density at radius 3 is 2.74 bits per heavy atom. The molecule has 3 aromatic heterocycles. The number of hydrogen-bond acceptors (Lipinski definition) is 4. The summed E-state index contributed by atoms with van der Waals surface area (Å²) in [5.41, 5.74) is 7.78. The van der Waals surface area contributed by atoms with Crippen LogP contribution in [0.2, 0.25) is 0 Å². The first-order chi connectivity index (χ1) is 13.0. The Morgan fingerprint density at radius 1 is 1.19 bits per heavy atom. The molecular weight excluding hydrogens is 338 g/mol. The van der Waals surface area contributed by atoms with Crippen molar-refractivity contribution in [3.05, 3.63) is 76.1 Å². The van der Waals surface area contributed by atoms with Crippen molar-refractivity contribution >= 4 is 16.6 Å². The Kier molecular flexibility index (Phi) is 4.32. The van der Waals surface area contributed by atoms with Gasteiger partial charge >= 0.3 is 0 Å². The third-order valence-electron chi connectivity index (χ3n) is 5.32. The molecule has 3 aromatic rings. The highest BCUT2D eigenvalue weighted by atomic mass is 16.5. The summed E-state index contributed by atoms with van der Waals surface area (Å²) in [5, 5.41) is 11.9. The zero-order valence-corrected chi connectivity index (χ0v) is 16.0. The van der Waals surface area contributed by atoms with E-state index in [4.69, 9.17) is 4.74 Å². The second-order valence-electron chi connectivity index (χ2n) is 7.10. The summed E-state index contributed by atoms with van der Waals surface area (Å²) in [6.45, 7) is 8.79. The highest BCUT2D eigenvalue weighted by molar-refractivity contribution is 5.89. The fourth-order valence-electron chi connectivity index (χ4n) is 3.70. The molecule has 0 amide bonds. The molecule has 0 radical (unpaired) electrons. The predicted molar refractivity (Wildman–Crippen MR) is 106 cm³/mol. The van der Waals surface area contributed by atoms with Gasteiger partial charge in [-0.25, -0.2) is 4.98 Å². The van der Waals surface area contributed by atoms with Gasteiger partial charge in [-0.15, -0.1) is 0 Å². The number of pyridine rings is 2. The molecule has 2 N–H and O–H groups in total. The van der Waals surface area contributed by atoms with Crippen molar-refractivity contribution in [1.82, 2.24) is 15.0 Å². The number of H-pyrrole nitrogens is 1. The molecule has 27 heavy (non-hydrogen) atoms. The smallest absolute Gasteiger partial charge is 0.137 e. The van der Waals surface area contributed by atoms with Crippen molar-refractivity contribution < 1.29 is 9.84 Å². The maximum atomic E-state index is 11.0. The summed E-state index contributed by atoms with van der Waals surface area (Å²) >= 11 is 0. The van der Waals surface area contributed by atoms with Gasteiger partial charge in [-0.1, -0.05) is 6.07 Å². The van der Waals surface area contributed by atoms with E-state index in [0.29, 0.717) is 6.61 Å². The van der Waals surface area contributed by atoms with Crippen molar-refractivity contribution in [2.75, 3.05) is 6.61 Å². The summed E-state index contributed by atoms with van der Waals surface area (Å²) in [7, 11) is 0. The van der Waals surface area contributed by atoms with Crippen LogP contribution in [0, 0.1) is 6.92 Å². The van der Waals surface area contributed by atoms with E-state index in [1.54, 1.807) is 12.4 Å². The number of rotatable bonds is 3. The van der Waals surface area contributed by atoms with Gasteiger partial charge in [-0.3, -0.25) is 4.98 Å². The van der Waals surface area contributed by atoms with E-state index >= 15 is 0 Å². The van der Waals surface area contributed by atoms with E-state index in [1.165, 1.54) is 11.1 Å². The number of nitrogens with one attached hydrogen (secondary N) is 1. The molecule has 0 spiro atoms. The summed E-state index contributed by atoms with van der Waals surface area (Å²) in [4.78, 5) is 12.0. The number of hydrogen-bond donors (Lipinski definition) is 2. The van der Waals surface area contributed by atoms with E-state index in [-0.39, 0.29) is 0 Å². The van der Waals surface area contributed by atoms with Crippen LogP contribution in [0.1, 0.15) is 49.3 Å². The van der Waals surface area contributed by atoms with Gasteiger partial charge in [-0.2, -0.15) is 0 Å². The van der Waals surface area contributed by atoms with Gasteiger partial charge in [0.15, 0.2) is 0 Å². The van der Waals surface area contributed by atoms with Crippen LogP contribution in [0.5, 0.6) is 0 Å². The van der Waals surface area contributed by atoms with Gasteiger partial charge in [0.1, 0.15) is 24.1 Å². The first-order valence-electron chi connectivity index (χ1n) is 9.04. The SMILES string of the molecule is CC1=C(C)C(c2cnc3[nH]c(C)c(C(O)c4cccnc4)c3c2)=C(C)OC1. The lowest BCUT2D eigenvalue weighted by atomic mass is 9.92. The molecule has 1 atom stereocenters. The molecule has 5 nitrogen and oxygen atoms in total. The lowest BCUT2D eigenvalue weighted by molar-refractivity contribution is 0.220. The molecule has 0 saturated heterocycles. The number of aryl methyl sites for hydroxylation is 1. The van der Waals surface area contributed by atoms with E-state index in [9.17, 15) is 5.11 Å². The van der Waals surface area contributed by atoms with E-state index in [0.717, 1.165) is 44.7 Å². The topological polar surface area (TPSA) is 71.0 Å². The van der Waals surface area contributed by atoms with Crippen LogP contribution in [-0.2, 0) is 4.74 Å². The van der Waals surface area contributed by atoms with Crippen LogP contribution in [0.4, 0.5) is 0 Å². The molecule has 0 aromatic carbocycles. The van der Waals surface area contributed by atoms with Crippen LogP contribution in [0.3, 0.4) is 0 Å². The van der Waals surface area contributed by atoms with Gasteiger partial charge in [0, 0.05) is 51.9 Å². The van der Waals surface area contributed by atoms with Gasteiger partial charge in [0.2, 0.25) is 0 Å². The molecule has 4 heterocycles. The molecule has 138 valence electrons. The minimum absolute atomic E-state index is 0.630. The average molecular weight is 361 g/mol. The zero-order valence-electron chi connectivity index (χ0n) is 16.0. The summed E-state index contributed by atoms with van der Waals surface area (Å²) < 4.78 is 5.82. The Hall–Kier alpha value is -2.92. The van der Waals surface area contributed by atoms with Gasteiger partial charge in [-0.05, 0) is 51.0 Å². The quantitative estimate of drug-likeness (QED) is 0.723. The second kappa shape index (κ2) is 6.67. The third-order valence-corrected chi connectivity index (χ3v) is 5.32. The fraction of sp³-hybridized carbons (Fsp3) is 0.273. The number of nitrogens with zero attached hydrogens (tertiary/aromatic N) is 2. The third kappa shape index (κ3) is 2.94. The number of aromatic amines is 1. The first-order valence-corrected chi connectivity index (χ1v) is 9.04. The number of ether oxygens (including phenoxy) is 1. The number of aliphatic hydroxyl groups is 1. The monoisotopic (exact) mass is 361 g/mol. The molecule has 0 saturated carbocycles. The molecule has 1 aliphatic heterocycles. The molecular formula is C22H23N3O2. The Bertz CT molecular complexity index is 1080. The first kappa shape index (κ1) is 17.5. The molecule has 0 aliphatic carbocycles. The van der Waals surface area contributed by atoms with E-state index in [2.05, 4.69) is 34.9 Å². The zero-order chi connectivity index (χ0) is 19.1. The summed E-state index contributed by atoms with van der Waals surface area (Å²) in [6, 6.07) is 5.80. The van der Waals surface area contributed by atoms with E-state index < -0.39 is 6.10 Å². The maximum Gasteiger partial charge on any atom is 0.137 e. The van der Waals surface area contributed by atoms with Crippen LogP contribution in [0.25, 0.3) is 16.6 Å². The largest absolute Gasteiger partial charge is 0.493 e. The van der Waals surface area contributed by atoms with Crippen LogP contribution >= 0.6 is 0 Å². The van der Waals surface area contributed by atoms with Crippen molar-refractivity contribution in [1.29, 1.82) is 0 Å². The van der Waals surface area contributed by atoms with Gasteiger partial charge in [0.05, 0.1) is 0 Å². The minimum Gasteiger partial charge on any atom is -0.493 e.